The fourth-order valence-corrected chi connectivity index (χ4v) is 3.15. The van der Waals surface area contributed by atoms with Crippen molar-refractivity contribution in [2.45, 2.75) is 72.4 Å². The van der Waals surface area contributed by atoms with Crippen LogP contribution in [0.4, 0.5) is 0 Å². The van der Waals surface area contributed by atoms with Crippen molar-refractivity contribution >= 4 is 0 Å². The van der Waals surface area contributed by atoms with Crippen LogP contribution in [0.3, 0.4) is 0 Å². The van der Waals surface area contributed by atoms with Crippen LogP contribution in [0.5, 0.6) is 0 Å². The van der Waals surface area contributed by atoms with Crippen molar-refractivity contribution in [3.05, 3.63) is 0 Å². The highest BCUT2D eigenvalue weighted by atomic mass is 16.5. The highest BCUT2D eigenvalue weighted by Crippen LogP contribution is 2.16. The Morgan fingerprint density at radius 1 is 1.14 bits per heavy atom. The molecule has 1 aliphatic heterocycles. The average Bonchev–Trinajstić information content (AvgIpc) is 2.40. The van der Waals surface area contributed by atoms with Crippen molar-refractivity contribution < 1.29 is 4.74 Å². The quantitative estimate of drug-likeness (QED) is 0.624. The fraction of sp³-hybridized carbons (Fsp3) is 1.00. The van der Waals surface area contributed by atoms with Crippen molar-refractivity contribution in [2.75, 3.05) is 32.8 Å². The van der Waals surface area contributed by atoms with Gasteiger partial charge >= 0.3 is 0 Å². The molecule has 0 aliphatic carbocycles. The summed E-state index contributed by atoms with van der Waals surface area (Å²) >= 11 is 0. The summed E-state index contributed by atoms with van der Waals surface area (Å²) in [6.45, 7) is 16.7. The van der Waals surface area contributed by atoms with Gasteiger partial charge in [0, 0.05) is 38.3 Å². The minimum atomic E-state index is 0.661. The maximum absolute atomic E-state index is 5.83. The first-order valence-electron chi connectivity index (χ1n) is 9.08. The number of hydrogen-bond acceptors (Lipinski definition) is 3. The molecule has 0 spiro atoms. The molecular weight excluding hydrogens is 260 g/mol. The van der Waals surface area contributed by atoms with E-state index in [1.54, 1.807) is 0 Å². The number of nitrogens with one attached hydrogen (secondary N) is 1. The molecule has 0 aromatic rings. The Labute approximate surface area is 132 Å². The maximum Gasteiger partial charge on any atom is 0.0593 e. The van der Waals surface area contributed by atoms with Gasteiger partial charge in [0.15, 0.2) is 0 Å². The van der Waals surface area contributed by atoms with Gasteiger partial charge in [0.2, 0.25) is 0 Å². The van der Waals surface area contributed by atoms with Crippen molar-refractivity contribution in [1.29, 1.82) is 0 Å². The Kier molecular flexibility index (Phi) is 9.54. The minimum Gasteiger partial charge on any atom is -0.380 e. The van der Waals surface area contributed by atoms with Crippen LogP contribution < -0.4 is 5.32 Å². The molecule has 0 bridgehead atoms. The van der Waals surface area contributed by atoms with Gasteiger partial charge in [-0.1, -0.05) is 41.0 Å². The molecule has 1 heterocycles. The van der Waals surface area contributed by atoms with Crippen molar-refractivity contribution in [2.24, 2.45) is 11.8 Å². The predicted octanol–water partition coefficient (Wildman–Crippen LogP) is 3.54. The van der Waals surface area contributed by atoms with E-state index in [0.29, 0.717) is 12.1 Å². The molecule has 21 heavy (non-hydrogen) atoms. The van der Waals surface area contributed by atoms with Crippen LogP contribution in [0.2, 0.25) is 0 Å². The molecule has 0 radical (unpaired) electrons. The fourth-order valence-electron chi connectivity index (χ4n) is 3.15. The lowest BCUT2D eigenvalue weighted by Crippen LogP contribution is -2.57. The van der Waals surface area contributed by atoms with E-state index < -0.39 is 0 Å². The Bertz CT molecular complexity index is 256. The van der Waals surface area contributed by atoms with E-state index in [-0.39, 0.29) is 0 Å². The standard InChI is InChI=1S/C18H38N2O/c1-6-7-18-13-19-17(12-16(4)5)14-20(18)9-11-21-10-8-15(2)3/h15-19H,6-14H2,1-5H3. The van der Waals surface area contributed by atoms with Gasteiger partial charge in [-0.2, -0.15) is 0 Å². The summed E-state index contributed by atoms with van der Waals surface area (Å²) in [4.78, 5) is 2.67. The van der Waals surface area contributed by atoms with Gasteiger partial charge in [-0.3, -0.25) is 4.90 Å². The first-order chi connectivity index (χ1) is 10.0. The second kappa shape index (κ2) is 10.6. The van der Waals surface area contributed by atoms with Crippen molar-refractivity contribution in [1.82, 2.24) is 10.2 Å². The molecule has 2 unspecified atom stereocenters. The lowest BCUT2D eigenvalue weighted by Gasteiger charge is -2.41. The van der Waals surface area contributed by atoms with E-state index in [9.17, 15) is 0 Å². The lowest BCUT2D eigenvalue weighted by molar-refractivity contribution is 0.0561. The van der Waals surface area contributed by atoms with Crippen LogP contribution in [0, 0.1) is 11.8 Å². The molecule has 3 nitrogen and oxygen atoms in total. The zero-order valence-corrected chi connectivity index (χ0v) is 15.0. The minimum absolute atomic E-state index is 0.661. The third-order valence-corrected chi connectivity index (χ3v) is 4.35. The molecule has 1 aliphatic rings. The van der Waals surface area contributed by atoms with E-state index in [2.05, 4.69) is 44.8 Å². The monoisotopic (exact) mass is 298 g/mol. The van der Waals surface area contributed by atoms with E-state index in [1.165, 1.54) is 32.2 Å². The van der Waals surface area contributed by atoms with Crippen LogP contribution in [0.1, 0.15) is 60.3 Å². The molecule has 1 N–H and O–H groups in total. The van der Waals surface area contributed by atoms with E-state index in [1.807, 2.05) is 0 Å². The average molecular weight is 299 g/mol. The Balaban J connectivity index is 2.32. The number of ether oxygens (including phenoxy) is 1. The maximum atomic E-state index is 5.83. The molecule has 0 aromatic carbocycles. The highest BCUT2D eigenvalue weighted by Gasteiger charge is 2.27. The molecule has 1 rings (SSSR count). The van der Waals surface area contributed by atoms with Crippen LogP contribution in [0.15, 0.2) is 0 Å². The van der Waals surface area contributed by atoms with Gasteiger partial charge in [0.1, 0.15) is 0 Å². The number of piperazine rings is 1. The molecule has 126 valence electrons. The summed E-state index contributed by atoms with van der Waals surface area (Å²) in [6, 6.07) is 1.36. The number of rotatable bonds is 10. The Morgan fingerprint density at radius 2 is 1.90 bits per heavy atom. The van der Waals surface area contributed by atoms with Gasteiger partial charge in [-0.15, -0.1) is 0 Å². The van der Waals surface area contributed by atoms with Gasteiger partial charge in [-0.25, -0.2) is 0 Å². The second-order valence-corrected chi connectivity index (χ2v) is 7.47. The molecule has 0 saturated carbocycles. The molecule has 3 heteroatoms. The van der Waals surface area contributed by atoms with Crippen molar-refractivity contribution in [3.8, 4) is 0 Å². The topological polar surface area (TPSA) is 24.5 Å². The van der Waals surface area contributed by atoms with Crippen LogP contribution in [-0.2, 0) is 4.74 Å². The zero-order chi connectivity index (χ0) is 15.7. The summed E-state index contributed by atoms with van der Waals surface area (Å²) in [5, 5.41) is 3.75. The third kappa shape index (κ3) is 8.18. The van der Waals surface area contributed by atoms with E-state index in [4.69, 9.17) is 4.74 Å². The Hall–Kier alpha value is -0.120. The predicted molar refractivity (Wildman–Crippen MR) is 91.8 cm³/mol. The van der Waals surface area contributed by atoms with Crippen LogP contribution in [0.25, 0.3) is 0 Å². The second-order valence-electron chi connectivity index (χ2n) is 7.47. The molecule has 0 aromatic heterocycles. The molecule has 1 saturated heterocycles. The summed E-state index contributed by atoms with van der Waals surface area (Å²) in [7, 11) is 0. The zero-order valence-electron chi connectivity index (χ0n) is 15.0. The van der Waals surface area contributed by atoms with E-state index >= 15 is 0 Å². The summed E-state index contributed by atoms with van der Waals surface area (Å²) in [6.07, 6.45) is 5.03. The van der Waals surface area contributed by atoms with Crippen molar-refractivity contribution in [3.63, 3.8) is 0 Å². The van der Waals surface area contributed by atoms with E-state index in [0.717, 1.165) is 38.1 Å². The molecule has 0 amide bonds. The SMILES string of the molecule is CCCC1CNC(CC(C)C)CN1CCOCCC(C)C. The summed E-state index contributed by atoms with van der Waals surface area (Å²) in [5.41, 5.74) is 0. The largest absolute Gasteiger partial charge is 0.380 e. The first kappa shape index (κ1) is 18.9. The normalized spacial score (nSPS) is 24.1. The number of hydrogen-bond donors (Lipinski definition) is 1. The Morgan fingerprint density at radius 3 is 2.52 bits per heavy atom. The molecular formula is C18H38N2O. The smallest absolute Gasteiger partial charge is 0.0593 e. The lowest BCUT2D eigenvalue weighted by atomic mass is 9.98. The van der Waals surface area contributed by atoms with Crippen LogP contribution in [-0.4, -0.2) is 49.8 Å². The first-order valence-corrected chi connectivity index (χ1v) is 9.08. The van der Waals surface area contributed by atoms with Crippen LogP contribution >= 0.6 is 0 Å². The van der Waals surface area contributed by atoms with Gasteiger partial charge in [0.05, 0.1) is 6.61 Å². The summed E-state index contributed by atoms with van der Waals surface area (Å²) < 4.78 is 5.83. The van der Waals surface area contributed by atoms with Gasteiger partial charge < -0.3 is 10.1 Å². The highest BCUT2D eigenvalue weighted by molar-refractivity contribution is 4.86. The van der Waals surface area contributed by atoms with Gasteiger partial charge in [-0.05, 0) is 31.1 Å². The number of nitrogens with zero attached hydrogens (tertiary/aromatic N) is 1. The molecule has 2 atom stereocenters. The third-order valence-electron chi connectivity index (χ3n) is 4.35. The summed E-state index contributed by atoms with van der Waals surface area (Å²) in [5.74, 6) is 1.52. The molecule has 1 fully saturated rings. The van der Waals surface area contributed by atoms with Gasteiger partial charge in [0.25, 0.3) is 0 Å².